The maximum absolute atomic E-state index is 13.2. The predicted octanol–water partition coefficient (Wildman–Crippen LogP) is 4.32. The van der Waals surface area contributed by atoms with Crippen LogP contribution in [0.1, 0.15) is 31.4 Å². The van der Waals surface area contributed by atoms with Gasteiger partial charge in [-0.3, -0.25) is 4.99 Å². The van der Waals surface area contributed by atoms with Gasteiger partial charge in [-0.2, -0.15) is 0 Å². The molecule has 0 fully saturated rings. The Labute approximate surface area is 164 Å². The Morgan fingerprint density at radius 3 is 2.64 bits per heavy atom. The van der Waals surface area contributed by atoms with E-state index in [-0.39, 0.29) is 5.76 Å². The van der Waals surface area contributed by atoms with E-state index in [9.17, 15) is 9.50 Å². The summed E-state index contributed by atoms with van der Waals surface area (Å²) >= 11 is 0. The lowest BCUT2D eigenvalue weighted by Gasteiger charge is -2.16. The molecule has 2 N–H and O–H groups in total. The first kappa shape index (κ1) is 21.1. The van der Waals surface area contributed by atoms with Crippen LogP contribution in [-0.4, -0.2) is 34.1 Å². The van der Waals surface area contributed by atoms with Gasteiger partial charge in [0.05, 0.1) is 19.5 Å². The smallest absolute Gasteiger partial charge is 0.159 e. The molecular weight excluding hydrogens is 359 g/mol. The van der Waals surface area contributed by atoms with Gasteiger partial charge in [0, 0.05) is 16.7 Å². The van der Waals surface area contributed by atoms with Crippen molar-refractivity contribution >= 4 is 5.84 Å². The molecule has 6 nitrogen and oxygen atoms in total. The van der Waals surface area contributed by atoms with E-state index in [4.69, 9.17) is 4.74 Å². The van der Waals surface area contributed by atoms with Gasteiger partial charge in [0.1, 0.15) is 23.4 Å². The summed E-state index contributed by atoms with van der Waals surface area (Å²) in [5, 5.41) is 12.9. The Morgan fingerprint density at radius 1 is 1.39 bits per heavy atom. The average Bonchev–Trinajstić information content (AvgIpc) is 2.68. The minimum absolute atomic E-state index is 0.0404. The van der Waals surface area contributed by atoms with Crippen molar-refractivity contribution in [3.8, 4) is 17.1 Å². The Kier molecular flexibility index (Phi) is 7.26. The molecule has 0 aliphatic rings. The Balaban J connectivity index is 2.63. The molecule has 0 spiro atoms. The van der Waals surface area contributed by atoms with E-state index in [2.05, 4.69) is 26.9 Å². The minimum Gasteiger partial charge on any atom is -0.511 e. The number of aliphatic hydroxyl groups is 1. The monoisotopic (exact) mass is 384 g/mol. The summed E-state index contributed by atoms with van der Waals surface area (Å²) in [4.78, 5) is 12.6. The highest BCUT2D eigenvalue weighted by Gasteiger charge is 2.16. The number of nitrogens with zero attached hydrogens (tertiary/aromatic N) is 3. The van der Waals surface area contributed by atoms with E-state index in [1.165, 1.54) is 0 Å². The number of halogens is 1. The molecule has 1 atom stereocenters. The summed E-state index contributed by atoms with van der Waals surface area (Å²) in [7, 11) is 1.57. The summed E-state index contributed by atoms with van der Waals surface area (Å²) in [5.41, 5.74) is 2.25. The zero-order chi connectivity index (χ0) is 20.7. The molecule has 0 bridgehead atoms. The van der Waals surface area contributed by atoms with Gasteiger partial charge < -0.3 is 15.2 Å². The van der Waals surface area contributed by atoms with Crippen molar-refractivity contribution in [3.63, 3.8) is 0 Å². The highest BCUT2D eigenvalue weighted by Crippen LogP contribution is 2.29. The molecule has 0 aliphatic carbocycles. The van der Waals surface area contributed by atoms with Gasteiger partial charge in [-0.1, -0.05) is 19.6 Å². The molecule has 0 radical (unpaired) electrons. The van der Waals surface area contributed by atoms with E-state index in [0.29, 0.717) is 23.0 Å². The minimum atomic E-state index is -0.507. The molecule has 7 heteroatoms. The van der Waals surface area contributed by atoms with Crippen molar-refractivity contribution in [2.75, 3.05) is 7.11 Å². The number of nitrogens with one attached hydrogen (secondary N) is 1. The molecular formula is C21H25FN4O2. The molecule has 0 amide bonds. The summed E-state index contributed by atoms with van der Waals surface area (Å²) in [6, 6.07) is 3.14. The number of amidine groups is 1. The number of ether oxygens (including phenoxy) is 1. The molecule has 148 valence electrons. The molecule has 1 aromatic heterocycles. The first-order valence-corrected chi connectivity index (χ1v) is 8.91. The Hall–Kier alpha value is -3.22. The van der Waals surface area contributed by atoms with E-state index in [1.807, 2.05) is 26.0 Å². The third kappa shape index (κ3) is 5.16. The fraction of sp³-hybridized carbons (Fsp3) is 0.286. The van der Waals surface area contributed by atoms with Crippen LogP contribution in [0.15, 0.2) is 54.1 Å². The Bertz CT molecular complexity index is 892. The second-order valence-electron chi connectivity index (χ2n) is 6.18. The molecule has 1 aromatic carbocycles. The van der Waals surface area contributed by atoms with E-state index in [0.717, 1.165) is 29.9 Å². The van der Waals surface area contributed by atoms with Crippen LogP contribution in [0.4, 0.5) is 4.39 Å². The number of methoxy groups -OCH3 is 1. The number of hydrogen-bond donors (Lipinski definition) is 2. The maximum Gasteiger partial charge on any atom is 0.159 e. The number of hydrogen-bond acceptors (Lipinski definition) is 5. The molecule has 1 heterocycles. The largest absolute Gasteiger partial charge is 0.511 e. The van der Waals surface area contributed by atoms with Crippen LogP contribution in [0.3, 0.4) is 0 Å². The standard InChI is InChI=1S/C21H25FN4O2/c1-6-7-8-23-21(26-14(3)15(4)27)18-9-16(10-19(28-5)13(18)2)20-24-11-17(22)12-25-20/h7-12,14,27H,4,6H2,1-3,5H3,(H,23,26)/b8-7+. The van der Waals surface area contributed by atoms with Crippen molar-refractivity contribution in [2.45, 2.75) is 33.2 Å². The van der Waals surface area contributed by atoms with Crippen molar-refractivity contribution in [1.29, 1.82) is 0 Å². The van der Waals surface area contributed by atoms with Gasteiger partial charge in [-0.25, -0.2) is 14.4 Å². The molecule has 0 saturated heterocycles. The zero-order valence-electron chi connectivity index (χ0n) is 16.5. The third-order valence-electron chi connectivity index (χ3n) is 4.09. The second-order valence-corrected chi connectivity index (χ2v) is 6.18. The van der Waals surface area contributed by atoms with Crippen molar-refractivity contribution in [2.24, 2.45) is 4.99 Å². The lowest BCUT2D eigenvalue weighted by Crippen LogP contribution is -2.23. The molecule has 1 unspecified atom stereocenters. The van der Waals surface area contributed by atoms with Gasteiger partial charge in [0.2, 0.25) is 0 Å². The number of allylic oxidation sites excluding steroid dienone is 1. The normalized spacial score (nSPS) is 12.8. The summed E-state index contributed by atoms with van der Waals surface area (Å²) in [5.74, 6) is 0.967. The molecule has 2 aromatic rings. The first-order chi connectivity index (χ1) is 13.4. The highest BCUT2D eigenvalue weighted by molar-refractivity contribution is 6.02. The van der Waals surface area contributed by atoms with Gasteiger partial charge in [-0.15, -0.1) is 0 Å². The van der Waals surface area contributed by atoms with Crippen LogP contribution in [0.25, 0.3) is 11.4 Å². The van der Waals surface area contributed by atoms with Gasteiger partial charge in [-0.05, 0) is 38.6 Å². The summed E-state index contributed by atoms with van der Waals surface area (Å²) in [6.45, 7) is 9.22. The van der Waals surface area contributed by atoms with Crippen molar-refractivity contribution in [3.05, 3.63) is 66.1 Å². The third-order valence-corrected chi connectivity index (χ3v) is 4.09. The fourth-order valence-corrected chi connectivity index (χ4v) is 2.44. The predicted molar refractivity (Wildman–Crippen MR) is 109 cm³/mol. The number of rotatable bonds is 7. The van der Waals surface area contributed by atoms with Crippen LogP contribution >= 0.6 is 0 Å². The summed E-state index contributed by atoms with van der Waals surface area (Å²) in [6.07, 6.45) is 6.83. The number of aromatic nitrogens is 2. The van der Waals surface area contributed by atoms with Crippen molar-refractivity contribution in [1.82, 2.24) is 15.3 Å². The van der Waals surface area contributed by atoms with E-state index >= 15 is 0 Å². The maximum atomic E-state index is 13.2. The number of aliphatic imine (C=N–C) groups is 1. The van der Waals surface area contributed by atoms with Crippen LogP contribution < -0.4 is 10.1 Å². The van der Waals surface area contributed by atoms with E-state index in [1.54, 1.807) is 26.3 Å². The Morgan fingerprint density at radius 2 is 2.07 bits per heavy atom. The van der Waals surface area contributed by atoms with Crippen molar-refractivity contribution < 1.29 is 14.2 Å². The van der Waals surface area contributed by atoms with Crippen LogP contribution in [-0.2, 0) is 0 Å². The average molecular weight is 384 g/mol. The zero-order valence-corrected chi connectivity index (χ0v) is 16.5. The molecule has 2 rings (SSSR count). The first-order valence-electron chi connectivity index (χ1n) is 8.91. The lowest BCUT2D eigenvalue weighted by atomic mass is 10.0. The number of benzene rings is 1. The van der Waals surface area contributed by atoms with Gasteiger partial charge in [0.25, 0.3) is 0 Å². The van der Waals surface area contributed by atoms with Crippen LogP contribution in [0.2, 0.25) is 0 Å². The molecule has 0 aliphatic heterocycles. The van der Waals surface area contributed by atoms with Gasteiger partial charge >= 0.3 is 0 Å². The topological polar surface area (TPSA) is 79.6 Å². The van der Waals surface area contributed by atoms with E-state index < -0.39 is 11.9 Å². The molecule has 28 heavy (non-hydrogen) atoms. The fourth-order valence-electron chi connectivity index (χ4n) is 2.44. The quantitative estimate of drug-likeness (QED) is 0.422. The number of aliphatic hydroxyl groups excluding tert-OH is 1. The lowest BCUT2D eigenvalue weighted by molar-refractivity contribution is 0.378. The second kappa shape index (κ2) is 9.64. The van der Waals surface area contributed by atoms with Gasteiger partial charge in [0.15, 0.2) is 11.6 Å². The van der Waals surface area contributed by atoms with Crippen LogP contribution in [0.5, 0.6) is 5.75 Å². The molecule has 0 saturated carbocycles. The van der Waals surface area contributed by atoms with Crippen LogP contribution in [0, 0.1) is 12.7 Å². The highest BCUT2D eigenvalue weighted by atomic mass is 19.1. The summed E-state index contributed by atoms with van der Waals surface area (Å²) < 4.78 is 18.7. The SMILES string of the molecule is C=C(O)C(C)N=C(N/C=C/CC)c1cc(-c2ncc(F)cn2)cc(OC)c1C.